The Morgan fingerprint density at radius 1 is 0.641 bits per heavy atom. The van der Waals surface area contributed by atoms with Crippen molar-refractivity contribution in [2.24, 2.45) is 0 Å². The van der Waals surface area contributed by atoms with Gasteiger partial charge in [-0.3, -0.25) is 14.1 Å². The first-order valence-corrected chi connectivity index (χ1v) is 17.0. The summed E-state index contributed by atoms with van der Waals surface area (Å²) in [5.74, 6) is -0.904. The van der Waals surface area contributed by atoms with Gasteiger partial charge >= 0.3 is 19.8 Å². The van der Waals surface area contributed by atoms with Crippen LogP contribution in [0.25, 0.3) is 0 Å². The van der Waals surface area contributed by atoms with Crippen LogP contribution in [0.1, 0.15) is 149 Å². The van der Waals surface area contributed by atoms with E-state index in [-0.39, 0.29) is 19.4 Å². The second-order valence-electron chi connectivity index (χ2n) is 10.4. The van der Waals surface area contributed by atoms with E-state index in [1.165, 1.54) is 51.4 Å². The highest BCUT2D eigenvalue weighted by Crippen LogP contribution is 2.35. The Kier molecular flexibility index (Phi) is 26.1. The third-order valence-electron chi connectivity index (χ3n) is 6.53. The van der Waals surface area contributed by atoms with Crippen molar-refractivity contribution >= 4 is 19.8 Å². The third-order valence-corrected chi connectivity index (χ3v) is 7.02. The highest BCUT2D eigenvalue weighted by Gasteiger charge is 2.22. The van der Waals surface area contributed by atoms with Crippen molar-refractivity contribution in [3.8, 4) is 0 Å². The number of phosphoric ester groups is 1. The molecule has 230 valence electrons. The monoisotopic (exact) mass is 576 g/mol. The van der Waals surface area contributed by atoms with Gasteiger partial charge in [0.25, 0.3) is 0 Å². The van der Waals surface area contributed by atoms with Gasteiger partial charge in [0.05, 0.1) is 6.61 Å². The van der Waals surface area contributed by atoms with E-state index in [1.54, 1.807) is 0 Å². The Balaban J connectivity index is 4.00. The van der Waals surface area contributed by atoms with E-state index >= 15 is 0 Å². The molecule has 0 fully saturated rings. The number of hydrogen-bond donors (Lipinski definition) is 2. The van der Waals surface area contributed by atoms with Gasteiger partial charge in [-0.1, -0.05) is 109 Å². The van der Waals surface area contributed by atoms with Crippen LogP contribution in [-0.2, 0) is 28.2 Å². The van der Waals surface area contributed by atoms with Gasteiger partial charge in [0, 0.05) is 12.8 Å². The molecule has 8 nitrogen and oxygen atoms in total. The normalized spacial score (nSPS) is 12.6. The summed E-state index contributed by atoms with van der Waals surface area (Å²) in [7, 11) is -4.73. The first kappa shape index (κ1) is 37.8. The first-order valence-electron chi connectivity index (χ1n) is 15.5. The van der Waals surface area contributed by atoms with Crippen molar-refractivity contribution in [1.82, 2.24) is 0 Å². The smallest absolute Gasteiger partial charge is 0.462 e. The molecule has 0 heterocycles. The number of esters is 2. The zero-order valence-electron chi connectivity index (χ0n) is 24.8. The minimum absolute atomic E-state index is 0.205. The van der Waals surface area contributed by atoms with Crippen LogP contribution in [-0.4, -0.2) is 41.0 Å². The topological polar surface area (TPSA) is 119 Å². The highest BCUT2D eigenvalue weighted by molar-refractivity contribution is 7.46. The zero-order valence-corrected chi connectivity index (χ0v) is 25.7. The Hall–Kier alpha value is -1.21. The SMILES string of the molecule is CCCCCCCC/C=C/CCCCCCCC(=O)O[C@@H](COC(=O)CCCCCCCC)COP(=O)(O)O. The van der Waals surface area contributed by atoms with Crippen molar-refractivity contribution in [3.05, 3.63) is 12.2 Å². The van der Waals surface area contributed by atoms with E-state index in [4.69, 9.17) is 19.3 Å². The van der Waals surface area contributed by atoms with Gasteiger partial charge < -0.3 is 19.3 Å². The van der Waals surface area contributed by atoms with Crippen LogP contribution >= 0.6 is 7.82 Å². The van der Waals surface area contributed by atoms with Gasteiger partial charge in [-0.15, -0.1) is 0 Å². The minimum Gasteiger partial charge on any atom is -0.462 e. The van der Waals surface area contributed by atoms with Crippen LogP contribution in [0.15, 0.2) is 12.2 Å². The number of ether oxygens (including phenoxy) is 2. The van der Waals surface area contributed by atoms with Gasteiger partial charge in [-0.05, 0) is 38.5 Å². The second-order valence-corrected chi connectivity index (χ2v) is 11.7. The quantitative estimate of drug-likeness (QED) is 0.0413. The number of carbonyl (C=O) groups is 2. The fourth-order valence-corrected chi connectivity index (χ4v) is 4.55. The third kappa shape index (κ3) is 29.6. The average Bonchev–Trinajstić information content (AvgIpc) is 2.89. The summed E-state index contributed by atoms with van der Waals surface area (Å²) < 4.78 is 26.0. The van der Waals surface area contributed by atoms with Crippen molar-refractivity contribution in [3.63, 3.8) is 0 Å². The van der Waals surface area contributed by atoms with E-state index in [2.05, 4.69) is 30.5 Å². The lowest BCUT2D eigenvalue weighted by atomic mass is 10.1. The molecule has 2 N–H and O–H groups in total. The molecule has 0 radical (unpaired) electrons. The molecular formula is C30H57O8P. The van der Waals surface area contributed by atoms with Crippen LogP contribution in [0.2, 0.25) is 0 Å². The molecule has 9 heteroatoms. The Labute approximate surface area is 237 Å². The summed E-state index contributed by atoms with van der Waals surface area (Å²) in [5, 5.41) is 0. The average molecular weight is 577 g/mol. The Morgan fingerprint density at radius 3 is 1.56 bits per heavy atom. The summed E-state index contributed by atoms with van der Waals surface area (Å²) >= 11 is 0. The maximum absolute atomic E-state index is 12.2. The summed E-state index contributed by atoms with van der Waals surface area (Å²) in [5.41, 5.74) is 0. The van der Waals surface area contributed by atoms with E-state index in [0.29, 0.717) is 6.42 Å². The first-order chi connectivity index (χ1) is 18.8. The maximum atomic E-state index is 12.2. The number of allylic oxidation sites excluding steroid dienone is 2. The molecule has 0 aromatic carbocycles. The van der Waals surface area contributed by atoms with Gasteiger partial charge in [-0.25, -0.2) is 4.57 Å². The van der Waals surface area contributed by atoms with Crippen molar-refractivity contribution in [2.75, 3.05) is 13.2 Å². The highest BCUT2D eigenvalue weighted by atomic mass is 31.2. The Morgan fingerprint density at radius 2 is 1.08 bits per heavy atom. The predicted octanol–water partition coefficient (Wildman–Crippen LogP) is 8.34. The molecule has 0 rings (SSSR count). The van der Waals surface area contributed by atoms with Gasteiger partial charge in [0.2, 0.25) is 0 Å². The van der Waals surface area contributed by atoms with Crippen LogP contribution in [0.4, 0.5) is 0 Å². The number of hydrogen-bond acceptors (Lipinski definition) is 6. The van der Waals surface area contributed by atoms with Crippen molar-refractivity contribution in [2.45, 2.75) is 155 Å². The molecule has 0 bridgehead atoms. The van der Waals surface area contributed by atoms with Gasteiger partial charge in [0.15, 0.2) is 6.10 Å². The molecule has 1 atom stereocenters. The Bertz CT molecular complexity index is 661. The minimum atomic E-state index is -4.73. The molecule has 0 saturated carbocycles. The van der Waals surface area contributed by atoms with Crippen LogP contribution in [0.5, 0.6) is 0 Å². The van der Waals surface area contributed by atoms with E-state index in [0.717, 1.165) is 64.2 Å². The van der Waals surface area contributed by atoms with Crippen molar-refractivity contribution < 1.29 is 37.9 Å². The number of rotatable bonds is 28. The van der Waals surface area contributed by atoms with Gasteiger partial charge in [-0.2, -0.15) is 0 Å². The number of unbranched alkanes of at least 4 members (excludes halogenated alkanes) is 16. The van der Waals surface area contributed by atoms with Crippen LogP contribution in [0, 0.1) is 0 Å². The fraction of sp³-hybridized carbons (Fsp3) is 0.867. The molecule has 39 heavy (non-hydrogen) atoms. The number of phosphoric acid groups is 1. The lowest BCUT2D eigenvalue weighted by molar-refractivity contribution is -0.161. The summed E-state index contributed by atoms with van der Waals surface area (Å²) in [6.45, 7) is 3.57. The van der Waals surface area contributed by atoms with Crippen LogP contribution < -0.4 is 0 Å². The molecule has 0 unspecified atom stereocenters. The van der Waals surface area contributed by atoms with E-state index in [1.807, 2.05) is 0 Å². The van der Waals surface area contributed by atoms with Gasteiger partial charge in [0.1, 0.15) is 6.61 Å². The maximum Gasteiger partial charge on any atom is 0.469 e. The summed E-state index contributed by atoms with van der Waals surface area (Å²) in [6.07, 6.45) is 25.4. The molecule has 0 spiro atoms. The van der Waals surface area contributed by atoms with E-state index in [9.17, 15) is 14.2 Å². The fourth-order valence-electron chi connectivity index (χ4n) is 4.19. The summed E-state index contributed by atoms with van der Waals surface area (Å²) in [4.78, 5) is 42.2. The summed E-state index contributed by atoms with van der Waals surface area (Å²) in [6, 6.07) is 0. The molecule has 0 amide bonds. The standard InChI is InChI=1S/C30H57O8P/c1-3-5-7-9-11-12-13-14-15-16-17-18-19-21-23-25-30(32)38-28(27-37-39(33,34)35)26-36-29(31)24-22-20-10-8-6-4-2/h14-15,28H,3-13,16-27H2,1-2H3,(H2,33,34,35)/b15-14+/t28-/m0/s1. The largest absolute Gasteiger partial charge is 0.469 e. The molecule has 0 aliphatic rings. The number of carbonyl (C=O) groups excluding carboxylic acids is 2. The zero-order chi connectivity index (χ0) is 29.0. The lowest BCUT2D eigenvalue weighted by Crippen LogP contribution is -2.29. The van der Waals surface area contributed by atoms with Crippen molar-refractivity contribution in [1.29, 1.82) is 0 Å². The molecule has 0 aromatic rings. The van der Waals surface area contributed by atoms with Crippen LogP contribution in [0.3, 0.4) is 0 Å². The predicted molar refractivity (Wildman–Crippen MR) is 156 cm³/mol. The molecule has 0 aliphatic heterocycles. The molecule has 0 aliphatic carbocycles. The molecule has 0 aromatic heterocycles. The molecular weight excluding hydrogens is 519 g/mol. The lowest BCUT2D eigenvalue weighted by Gasteiger charge is -2.18. The molecule has 0 saturated heterocycles. The van der Waals surface area contributed by atoms with E-state index < -0.39 is 32.5 Å². The second kappa shape index (κ2) is 27.0.